The van der Waals surface area contributed by atoms with Crippen molar-refractivity contribution < 1.29 is 9.18 Å². The van der Waals surface area contributed by atoms with Gasteiger partial charge in [0.2, 0.25) is 5.91 Å². The number of nitrogen functional groups attached to an aromatic ring is 2. The summed E-state index contributed by atoms with van der Waals surface area (Å²) in [6, 6.07) is 1.40. The van der Waals surface area contributed by atoms with E-state index >= 15 is 0 Å². The number of unbranched alkanes of at least 4 members (excludes halogenated alkanes) is 1. The first kappa shape index (κ1) is 14.4. The van der Waals surface area contributed by atoms with Crippen molar-refractivity contribution in [3.63, 3.8) is 0 Å². The van der Waals surface area contributed by atoms with Crippen molar-refractivity contribution in [3.05, 3.63) is 16.9 Å². The van der Waals surface area contributed by atoms with Gasteiger partial charge >= 0.3 is 0 Å². The van der Waals surface area contributed by atoms with Gasteiger partial charge in [-0.05, 0) is 18.9 Å². The highest BCUT2D eigenvalue weighted by molar-refractivity contribution is 6.33. The summed E-state index contributed by atoms with van der Waals surface area (Å²) >= 11 is 5.68. The molecule has 5 nitrogen and oxygen atoms in total. The van der Waals surface area contributed by atoms with Crippen molar-refractivity contribution in [2.24, 2.45) is 5.73 Å². The lowest BCUT2D eigenvalue weighted by Gasteiger charge is -2.12. The number of carbonyl (C=O) groups is 1. The van der Waals surface area contributed by atoms with Gasteiger partial charge in [0.15, 0.2) is 5.82 Å². The van der Waals surface area contributed by atoms with Crippen molar-refractivity contribution in [1.82, 2.24) is 0 Å². The van der Waals surface area contributed by atoms with E-state index in [0.717, 1.165) is 0 Å². The van der Waals surface area contributed by atoms with Crippen LogP contribution in [0, 0.1) is 5.82 Å². The fourth-order valence-corrected chi connectivity index (χ4v) is 1.63. The first-order valence-corrected chi connectivity index (χ1v) is 5.86. The highest BCUT2D eigenvalue weighted by atomic mass is 35.5. The fourth-order valence-electron chi connectivity index (χ4n) is 1.48. The zero-order valence-electron chi connectivity index (χ0n) is 9.80. The average molecular weight is 275 g/mol. The number of hydrogen-bond acceptors (Lipinski definition) is 4. The molecule has 1 aromatic carbocycles. The maximum atomic E-state index is 13.7. The normalized spacial score (nSPS) is 10.3. The van der Waals surface area contributed by atoms with Crippen molar-refractivity contribution >= 4 is 34.6 Å². The number of halogens is 2. The topological polar surface area (TPSA) is 107 Å². The molecule has 0 bridgehead atoms. The van der Waals surface area contributed by atoms with E-state index < -0.39 is 5.82 Å². The number of hydrogen-bond donors (Lipinski definition) is 4. The van der Waals surface area contributed by atoms with Crippen LogP contribution in [0.25, 0.3) is 0 Å². The standard InChI is InChI=1S/C11H16ClFN4O/c12-9-6(14)5-7(15)11(10(9)13)17-4-2-1-3-8(16)18/h5,17H,1-4,14-15H2,(H2,16,18). The van der Waals surface area contributed by atoms with Crippen molar-refractivity contribution in [2.75, 3.05) is 23.3 Å². The predicted octanol–water partition coefficient (Wildman–Crippen LogP) is 1.71. The number of benzene rings is 1. The maximum Gasteiger partial charge on any atom is 0.217 e. The van der Waals surface area contributed by atoms with E-state index in [2.05, 4.69) is 5.32 Å². The minimum Gasteiger partial charge on any atom is -0.397 e. The SMILES string of the molecule is NC(=O)CCCCNc1c(N)cc(N)c(Cl)c1F. The van der Waals surface area contributed by atoms with Crippen LogP contribution in [-0.2, 0) is 4.79 Å². The molecular formula is C11H16ClFN4O. The molecule has 100 valence electrons. The Kier molecular flexibility index (Phi) is 5.03. The van der Waals surface area contributed by atoms with E-state index in [0.29, 0.717) is 25.8 Å². The molecular weight excluding hydrogens is 259 g/mol. The van der Waals surface area contributed by atoms with Crippen LogP contribution in [0.2, 0.25) is 5.02 Å². The highest BCUT2D eigenvalue weighted by Crippen LogP contribution is 2.33. The largest absolute Gasteiger partial charge is 0.397 e. The molecule has 0 saturated carbocycles. The first-order valence-electron chi connectivity index (χ1n) is 5.48. The zero-order chi connectivity index (χ0) is 13.7. The molecule has 0 aliphatic rings. The summed E-state index contributed by atoms with van der Waals surface area (Å²) in [4.78, 5) is 10.5. The number of amides is 1. The van der Waals surface area contributed by atoms with E-state index in [1.807, 2.05) is 0 Å². The Morgan fingerprint density at radius 3 is 2.61 bits per heavy atom. The summed E-state index contributed by atoms with van der Waals surface area (Å²) < 4.78 is 13.7. The molecule has 0 aliphatic carbocycles. The number of anilines is 3. The molecule has 0 atom stereocenters. The Labute approximate surface area is 109 Å². The van der Waals surface area contributed by atoms with E-state index in [1.165, 1.54) is 6.07 Å². The lowest BCUT2D eigenvalue weighted by atomic mass is 10.2. The highest BCUT2D eigenvalue weighted by Gasteiger charge is 2.13. The van der Waals surface area contributed by atoms with Crippen LogP contribution in [-0.4, -0.2) is 12.5 Å². The van der Waals surface area contributed by atoms with E-state index in [-0.39, 0.29) is 28.0 Å². The minimum atomic E-state index is -0.663. The Bertz CT molecular complexity index is 453. The zero-order valence-corrected chi connectivity index (χ0v) is 10.6. The van der Waals surface area contributed by atoms with Gasteiger partial charge in [0, 0.05) is 13.0 Å². The summed E-state index contributed by atoms with van der Waals surface area (Å²) in [5.41, 5.74) is 16.5. The van der Waals surface area contributed by atoms with E-state index in [4.69, 9.17) is 28.8 Å². The van der Waals surface area contributed by atoms with E-state index in [1.54, 1.807) is 0 Å². The monoisotopic (exact) mass is 274 g/mol. The number of nitrogens with one attached hydrogen (secondary N) is 1. The minimum absolute atomic E-state index is 0.103. The molecule has 0 aliphatic heterocycles. The van der Waals surface area contributed by atoms with Gasteiger partial charge in [0.05, 0.1) is 17.1 Å². The molecule has 1 rings (SSSR count). The number of rotatable bonds is 6. The molecule has 0 saturated heterocycles. The molecule has 0 spiro atoms. The summed E-state index contributed by atoms with van der Waals surface area (Å²) in [6.07, 6.45) is 1.61. The van der Waals surface area contributed by atoms with Gasteiger partial charge in [-0.25, -0.2) is 4.39 Å². The number of carbonyl (C=O) groups excluding carboxylic acids is 1. The van der Waals surface area contributed by atoms with Crippen LogP contribution in [0.1, 0.15) is 19.3 Å². The van der Waals surface area contributed by atoms with Gasteiger partial charge in [-0.1, -0.05) is 11.6 Å². The van der Waals surface area contributed by atoms with Crippen LogP contribution in [0.15, 0.2) is 6.07 Å². The lowest BCUT2D eigenvalue weighted by Crippen LogP contribution is -2.12. The van der Waals surface area contributed by atoms with Crippen molar-refractivity contribution in [2.45, 2.75) is 19.3 Å². The Morgan fingerprint density at radius 2 is 2.00 bits per heavy atom. The third kappa shape index (κ3) is 3.66. The van der Waals surface area contributed by atoms with Crippen molar-refractivity contribution in [3.8, 4) is 0 Å². The second kappa shape index (κ2) is 6.30. The summed E-state index contributed by atoms with van der Waals surface area (Å²) in [5, 5.41) is 2.68. The van der Waals surface area contributed by atoms with Gasteiger partial charge in [-0.2, -0.15) is 0 Å². The molecule has 1 aromatic rings. The average Bonchev–Trinajstić information content (AvgIpc) is 2.29. The van der Waals surface area contributed by atoms with Crippen LogP contribution < -0.4 is 22.5 Å². The first-order chi connectivity index (χ1) is 8.43. The Balaban J connectivity index is 2.57. The second-order valence-electron chi connectivity index (χ2n) is 3.91. The molecule has 1 amide bonds. The maximum absolute atomic E-state index is 13.7. The summed E-state index contributed by atoms with van der Waals surface area (Å²) in [7, 11) is 0. The number of nitrogens with two attached hydrogens (primary N) is 3. The molecule has 0 aromatic heterocycles. The van der Waals surface area contributed by atoms with Crippen LogP contribution >= 0.6 is 11.6 Å². The summed E-state index contributed by atoms with van der Waals surface area (Å²) in [6.45, 7) is 0.467. The fraction of sp³-hybridized carbons (Fsp3) is 0.364. The van der Waals surface area contributed by atoms with Gasteiger partial charge in [-0.3, -0.25) is 4.79 Å². The van der Waals surface area contributed by atoms with E-state index in [9.17, 15) is 9.18 Å². The van der Waals surface area contributed by atoms with Crippen LogP contribution in [0.3, 0.4) is 0 Å². The van der Waals surface area contributed by atoms with Crippen molar-refractivity contribution in [1.29, 1.82) is 0 Å². The molecule has 0 heterocycles. The third-order valence-corrected chi connectivity index (χ3v) is 2.80. The van der Waals surface area contributed by atoms with Gasteiger partial charge in [-0.15, -0.1) is 0 Å². The molecule has 7 heteroatoms. The third-order valence-electron chi connectivity index (χ3n) is 2.42. The summed E-state index contributed by atoms with van der Waals surface area (Å²) in [5.74, 6) is -1.01. The quantitative estimate of drug-likeness (QED) is 0.468. The van der Waals surface area contributed by atoms with Gasteiger partial charge in [0.25, 0.3) is 0 Å². The van der Waals surface area contributed by atoms with Crippen LogP contribution in [0.5, 0.6) is 0 Å². The molecule has 18 heavy (non-hydrogen) atoms. The van der Waals surface area contributed by atoms with Gasteiger partial charge < -0.3 is 22.5 Å². The smallest absolute Gasteiger partial charge is 0.217 e. The predicted molar refractivity (Wildman–Crippen MR) is 71.8 cm³/mol. The van der Waals surface area contributed by atoms with Crippen LogP contribution in [0.4, 0.5) is 21.5 Å². The molecule has 0 unspecified atom stereocenters. The van der Waals surface area contributed by atoms with Gasteiger partial charge in [0.1, 0.15) is 5.02 Å². The molecule has 0 radical (unpaired) electrons. The Morgan fingerprint density at radius 1 is 1.33 bits per heavy atom. The lowest BCUT2D eigenvalue weighted by molar-refractivity contribution is -0.118. The Hall–Kier alpha value is -1.69. The second-order valence-corrected chi connectivity index (χ2v) is 4.29. The number of primary amides is 1. The molecule has 0 fully saturated rings. The molecule has 7 N–H and O–H groups in total.